The van der Waals surface area contributed by atoms with Crippen LogP contribution >= 0.6 is 0 Å². The molecule has 1 aromatic carbocycles. The molecule has 0 amide bonds. The second-order valence-corrected chi connectivity index (χ2v) is 3.72. The molecule has 94 valence electrons. The summed E-state index contributed by atoms with van der Waals surface area (Å²) in [7, 11) is 0. The normalized spacial score (nSPS) is 10.5. The zero-order chi connectivity index (χ0) is 12.8. The zero-order valence-corrected chi connectivity index (χ0v) is 9.88. The van der Waals surface area contributed by atoms with Gasteiger partial charge in [0.05, 0.1) is 17.6 Å². The van der Waals surface area contributed by atoms with Crippen molar-refractivity contribution in [3.8, 4) is 5.75 Å². The fourth-order valence-corrected chi connectivity index (χ4v) is 1.29. The fourth-order valence-electron chi connectivity index (χ4n) is 1.29. The van der Waals surface area contributed by atoms with Gasteiger partial charge in [-0.25, -0.2) is 0 Å². The molecule has 0 saturated carbocycles. The monoisotopic (exact) mass is 240 g/mol. The molecule has 1 rings (SSSR count). The van der Waals surface area contributed by atoms with Crippen molar-refractivity contribution in [1.29, 1.82) is 0 Å². The van der Waals surface area contributed by atoms with Crippen LogP contribution in [0.1, 0.15) is 13.8 Å². The van der Waals surface area contributed by atoms with Gasteiger partial charge in [0.2, 0.25) is 0 Å². The number of benzene rings is 1. The minimum absolute atomic E-state index is 0.0947. The van der Waals surface area contributed by atoms with Crippen LogP contribution in [0.5, 0.6) is 5.75 Å². The maximum atomic E-state index is 10.8. The molecule has 0 aromatic heterocycles. The molecule has 0 saturated heterocycles. The number of rotatable bonds is 6. The molecule has 0 radical (unpaired) electrons. The van der Waals surface area contributed by atoms with Crippen LogP contribution in [0, 0.1) is 10.1 Å². The number of para-hydroxylation sites is 1. The van der Waals surface area contributed by atoms with Gasteiger partial charge in [-0.05, 0) is 26.0 Å². The molecule has 2 N–H and O–H groups in total. The van der Waals surface area contributed by atoms with Crippen LogP contribution in [0.15, 0.2) is 18.2 Å². The number of hydrogen-bond donors (Lipinski definition) is 1. The van der Waals surface area contributed by atoms with Crippen molar-refractivity contribution in [2.45, 2.75) is 20.0 Å². The van der Waals surface area contributed by atoms with Crippen molar-refractivity contribution < 1.29 is 14.4 Å². The zero-order valence-electron chi connectivity index (χ0n) is 9.88. The molecule has 0 atom stereocenters. The van der Waals surface area contributed by atoms with Crippen LogP contribution < -0.4 is 10.5 Å². The quantitative estimate of drug-likeness (QED) is 0.355. The smallest absolute Gasteiger partial charge is 0.333 e. The number of ether oxygens (including phenoxy) is 2. The molecule has 0 aliphatic carbocycles. The summed E-state index contributed by atoms with van der Waals surface area (Å²) in [6.45, 7) is 4.44. The van der Waals surface area contributed by atoms with Gasteiger partial charge < -0.3 is 15.2 Å². The van der Waals surface area contributed by atoms with Crippen molar-refractivity contribution >= 4 is 11.4 Å². The lowest BCUT2D eigenvalue weighted by Crippen LogP contribution is -2.12. The predicted molar refractivity (Wildman–Crippen MR) is 64.1 cm³/mol. The summed E-state index contributed by atoms with van der Waals surface area (Å²) in [6, 6.07) is 4.60. The lowest BCUT2D eigenvalue weighted by atomic mass is 10.2. The van der Waals surface area contributed by atoms with Crippen LogP contribution in [-0.2, 0) is 4.74 Å². The number of nitrogen functional groups attached to an aromatic ring is 1. The van der Waals surface area contributed by atoms with Gasteiger partial charge in [-0.15, -0.1) is 0 Å². The molecular formula is C11H16N2O4. The third-order valence-corrected chi connectivity index (χ3v) is 2.00. The van der Waals surface area contributed by atoms with E-state index >= 15 is 0 Å². The molecule has 0 unspecified atom stereocenters. The molecular weight excluding hydrogens is 224 g/mol. The van der Waals surface area contributed by atoms with Crippen LogP contribution in [0.4, 0.5) is 11.4 Å². The van der Waals surface area contributed by atoms with Crippen molar-refractivity contribution in [1.82, 2.24) is 0 Å². The lowest BCUT2D eigenvalue weighted by Gasteiger charge is -2.10. The summed E-state index contributed by atoms with van der Waals surface area (Å²) < 4.78 is 10.6. The number of nitro groups is 1. The van der Waals surface area contributed by atoms with E-state index in [0.29, 0.717) is 6.61 Å². The molecule has 0 heterocycles. The Balaban J connectivity index is 2.64. The molecule has 0 bridgehead atoms. The van der Waals surface area contributed by atoms with Gasteiger partial charge in [-0.1, -0.05) is 6.07 Å². The van der Waals surface area contributed by atoms with Gasteiger partial charge in [0, 0.05) is 0 Å². The van der Waals surface area contributed by atoms with E-state index in [1.807, 2.05) is 13.8 Å². The van der Waals surface area contributed by atoms with Gasteiger partial charge in [0.15, 0.2) is 5.75 Å². The van der Waals surface area contributed by atoms with E-state index in [1.54, 1.807) is 6.07 Å². The van der Waals surface area contributed by atoms with Crippen molar-refractivity contribution in [3.05, 3.63) is 28.3 Å². The van der Waals surface area contributed by atoms with E-state index in [-0.39, 0.29) is 29.8 Å². The van der Waals surface area contributed by atoms with Gasteiger partial charge in [0.25, 0.3) is 0 Å². The minimum Gasteiger partial charge on any atom is -0.484 e. The van der Waals surface area contributed by atoms with Crippen molar-refractivity contribution in [2.75, 3.05) is 18.9 Å². The third-order valence-electron chi connectivity index (χ3n) is 2.00. The summed E-state index contributed by atoms with van der Waals surface area (Å²) >= 11 is 0. The minimum atomic E-state index is -0.548. The maximum Gasteiger partial charge on any atom is 0.333 e. The van der Waals surface area contributed by atoms with E-state index < -0.39 is 4.92 Å². The summed E-state index contributed by atoms with van der Waals surface area (Å²) in [5.41, 5.74) is 5.42. The SMILES string of the molecule is CC(C)OCCOc1cccc(N)c1[N+](=O)[O-]. The number of anilines is 1. The second kappa shape index (κ2) is 6.05. The van der Waals surface area contributed by atoms with Gasteiger partial charge >= 0.3 is 5.69 Å². The topological polar surface area (TPSA) is 87.6 Å². The van der Waals surface area contributed by atoms with Gasteiger partial charge in [-0.3, -0.25) is 10.1 Å². The highest BCUT2D eigenvalue weighted by atomic mass is 16.6. The van der Waals surface area contributed by atoms with E-state index in [4.69, 9.17) is 15.2 Å². The van der Waals surface area contributed by atoms with E-state index in [1.165, 1.54) is 12.1 Å². The Morgan fingerprint density at radius 3 is 2.71 bits per heavy atom. The average molecular weight is 240 g/mol. The number of nitro benzene ring substituents is 1. The Kier molecular flexibility index (Phi) is 4.71. The molecule has 0 spiro atoms. The standard InChI is InChI=1S/C11H16N2O4/c1-8(2)16-6-7-17-10-5-3-4-9(12)11(10)13(14)15/h3-5,8H,6-7,12H2,1-2H3. The average Bonchev–Trinajstić information content (AvgIpc) is 2.23. The first kappa shape index (κ1) is 13.2. The van der Waals surface area contributed by atoms with Crippen LogP contribution in [-0.4, -0.2) is 24.2 Å². The van der Waals surface area contributed by atoms with Crippen molar-refractivity contribution in [2.24, 2.45) is 0 Å². The summed E-state index contributed by atoms with van der Waals surface area (Å²) in [5.74, 6) is 0.169. The van der Waals surface area contributed by atoms with Crippen LogP contribution in [0.25, 0.3) is 0 Å². The highest BCUT2D eigenvalue weighted by molar-refractivity contribution is 5.65. The largest absolute Gasteiger partial charge is 0.484 e. The lowest BCUT2D eigenvalue weighted by molar-refractivity contribution is -0.384. The molecule has 0 fully saturated rings. The Morgan fingerprint density at radius 2 is 2.12 bits per heavy atom. The number of nitrogens with zero attached hydrogens (tertiary/aromatic N) is 1. The summed E-state index contributed by atoms with van der Waals surface area (Å²) in [6.07, 6.45) is 0.106. The van der Waals surface area contributed by atoms with Gasteiger partial charge in [-0.2, -0.15) is 0 Å². The first-order chi connectivity index (χ1) is 8.02. The molecule has 6 nitrogen and oxygen atoms in total. The highest BCUT2D eigenvalue weighted by Crippen LogP contribution is 2.32. The molecule has 1 aromatic rings. The molecule has 17 heavy (non-hydrogen) atoms. The van der Waals surface area contributed by atoms with Crippen LogP contribution in [0.3, 0.4) is 0 Å². The third kappa shape index (κ3) is 3.92. The highest BCUT2D eigenvalue weighted by Gasteiger charge is 2.18. The summed E-state index contributed by atoms with van der Waals surface area (Å²) in [5, 5.41) is 10.8. The Bertz CT molecular complexity index is 393. The number of hydrogen-bond acceptors (Lipinski definition) is 5. The second-order valence-electron chi connectivity index (χ2n) is 3.72. The van der Waals surface area contributed by atoms with Crippen molar-refractivity contribution in [3.63, 3.8) is 0 Å². The Labute approximate surface area is 99.5 Å². The first-order valence-electron chi connectivity index (χ1n) is 5.29. The Morgan fingerprint density at radius 1 is 1.41 bits per heavy atom. The van der Waals surface area contributed by atoms with E-state index in [2.05, 4.69) is 0 Å². The summed E-state index contributed by atoms with van der Waals surface area (Å²) in [4.78, 5) is 10.3. The fraction of sp³-hybridized carbons (Fsp3) is 0.455. The van der Waals surface area contributed by atoms with Gasteiger partial charge in [0.1, 0.15) is 12.3 Å². The Hall–Kier alpha value is -1.82. The van der Waals surface area contributed by atoms with E-state index in [9.17, 15) is 10.1 Å². The molecule has 0 aliphatic heterocycles. The predicted octanol–water partition coefficient (Wildman–Crippen LogP) is 1.98. The number of nitrogens with two attached hydrogens (primary N) is 1. The maximum absolute atomic E-state index is 10.8. The molecule has 0 aliphatic rings. The first-order valence-corrected chi connectivity index (χ1v) is 5.29. The van der Waals surface area contributed by atoms with Crippen LogP contribution in [0.2, 0.25) is 0 Å². The van der Waals surface area contributed by atoms with E-state index in [0.717, 1.165) is 0 Å². The molecule has 6 heteroatoms.